The van der Waals surface area contributed by atoms with E-state index in [-0.39, 0.29) is 0 Å². The zero-order chi connectivity index (χ0) is 20.9. The van der Waals surface area contributed by atoms with Crippen molar-refractivity contribution in [1.82, 2.24) is 20.1 Å². The van der Waals surface area contributed by atoms with Gasteiger partial charge in [-0.2, -0.15) is 15.6 Å². The Labute approximate surface area is 175 Å². The van der Waals surface area contributed by atoms with Gasteiger partial charge in [0.15, 0.2) is 0 Å². The second-order valence-electron chi connectivity index (χ2n) is 7.37. The number of aryl methyl sites for hydroxylation is 1. The summed E-state index contributed by atoms with van der Waals surface area (Å²) in [5.74, 6) is 1.76. The largest absolute Gasteiger partial charge is 0.439 e. The maximum Gasteiger partial charge on any atom is 0.217 e. The van der Waals surface area contributed by atoms with Crippen molar-refractivity contribution in [3.63, 3.8) is 0 Å². The van der Waals surface area contributed by atoms with Crippen molar-refractivity contribution in [2.75, 3.05) is 13.1 Å². The second kappa shape index (κ2) is 8.77. The maximum absolute atomic E-state index is 9.32. The molecule has 3 aromatic rings. The Balaban J connectivity index is 1.57. The zero-order valence-corrected chi connectivity index (χ0v) is 16.8. The van der Waals surface area contributed by atoms with Crippen molar-refractivity contribution < 1.29 is 4.74 Å². The molecule has 1 aromatic carbocycles. The quantitative estimate of drug-likeness (QED) is 0.459. The van der Waals surface area contributed by atoms with Crippen LogP contribution in [0.5, 0.6) is 11.6 Å². The molecular formula is C23H22N6O. The molecule has 7 heteroatoms. The van der Waals surface area contributed by atoms with Gasteiger partial charge in [0, 0.05) is 37.3 Å². The van der Waals surface area contributed by atoms with Gasteiger partial charge < -0.3 is 10.1 Å². The minimum Gasteiger partial charge on any atom is -0.439 e. The van der Waals surface area contributed by atoms with Gasteiger partial charge in [0.2, 0.25) is 5.88 Å². The van der Waals surface area contributed by atoms with Gasteiger partial charge in [0.05, 0.1) is 35.6 Å². The summed E-state index contributed by atoms with van der Waals surface area (Å²) in [7, 11) is 1.86. The molecule has 0 atom stereocenters. The van der Waals surface area contributed by atoms with Crippen LogP contribution in [0.15, 0.2) is 42.6 Å². The smallest absolute Gasteiger partial charge is 0.217 e. The summed E-state index contributed by atoms with van der Waals surface area (Å²) in [5, 5.41) is 25.5. The molecule has 0 radical (unpaired) electrons. The van der Waals surface area contributed by atoms with Crippen LogP contribution in [0.4, 0.5) is 0 Å². The van der Waals surface area contributed by atoms with Gasteiger partial charge in [0.1, 0.15) is 5.75 Å². The van der Waals surface area contributed by atoms with E-state index in [0.717, 1.165) is 35.5 Å². The van der Waals surface area contributed by atoms with Crippen LogP contribution in [-0.2, 0) is 13.5 Å². The lowest BCUT2D eigenvalue weighted by Crippen LogP contribution is -2.17. The Bertz CT molecular complexity index is 1120. The highest BCUT2D eigenvalue weighted by molar-refractivity contribution is 5.69. The summed E-state index contributed by atoms with van der Waals surface area (Å²) in [6.07, 6.45) is 4.98. The van der Waals surface area contributed by atoms with E-state index in [1.165, 1.54) is 12.8 Å². The van der Waals surface area contributed by atoms with E-state index in [2.05, 4.69) is 27.5 Å². The molecule has 0 saturated heterocycles. The van der Waals surface area contributed by atoms with E-state index in [1.54, 1.807) is 16.8 Å². The Kier molecular flexibility index (Phi) is 5.74. The molecular weight excluding hydrogens is 376 g/mol. The van der Waals surface area contributed by atoms with Crippen LogP contribution in [-0.4, -0.2) is 27.9 Å². The number of nitrogens with one attached hydrogen (secondary N) is 1. The summed E-state index contributed by atoms with van der Waals surface area (Å²) in [5.41, 5.74) is 4.25. The molecule has 2 aromatic heterocycles. The van der Waals surface area contributed by atoms with Gasteiger partial charge in [-0.05, 0) is 49.1 Å². The van der Waals surface area contributed by atoms with Crippen molar-refractivity contribution in [2.45, 2.75) is 25.2 Å². The SMILES string of the molecule is Cn1nc(C2CC2)cc1Oc1cc(C#N)ccc1-c1ccc(CCNCC#N)cn1. The number of hydrogen-bond acceptors (Lipinski definition) is 6. The number of benzene rings is 1. The molecule has 7 nitrogen and oxygen atoms in total. The maximum atomic E-state index is 9.32. The van der Waals surface area contributed by atoms with E-state index < -0.39 is 0 Å². The minimum absolute atomic E-state index is 0.341. The summed E-state index contributed by atoms with van der Waals surface area (Å²) < 4.78 is 7.92. The predicted octanol–water partition coefficient (Wildman–Crippen LogP) is 3.68. The molecule has 1 fully saturated rings. The first-order valence-electron chi connectivity index (χ1n) is 9.97. The Morgan fingerprint density at radius 3 is 2.77 bits per heavy atom. The first-order chi connectivity index (χ1) is 14.7. The topological polar surface area (TPSA) is 99.5 Å². The van der Waals surface area contributed by atoms with Crippen molar-refractivity contribution in [1.29, 1.82) is 10.5 Å². The summed E-state index contributed by atoms with van der Waals surface area (Å²) >= 11 is 0. The molecule has 0 unspecified atom stereocenters. The zero-order valence-electron chi connectivity index (χ0n) is 16.8. The molecule has 150 valence electrons. The lowest BCUT2D eigenvalue weighted by molar-refractivity contribution is 0.431. The molecule has 1 aliphatic rings. The lowest BCUT2D eigenvalue weighted by Gasteiger charge is -2.12. The normalized spacial score (nSPS) is 12.9. The van der Waals surface area contributed by atoms with Crippen LogP contribution >= 0.6 is 0 Å². The number of ether oxygens (including phenoxy) is 1. The van der Waals surface area contributed by atoms with E-state index in [4.69, 9.17) is 10.00 Å². The predicted molar refractivity (Wildman–Crippen MR) is 112 cm³/mol. The number of hydrogen-bond donors (Lipinski definition) is 1. The van der Waals surface area contributed by atoms with E-state index in [0.29, 0.717) is 29.7 Å². The molecule has 0 bridgehead atoms. The first kappa shape index (κ1) is 19.6. The van der Waals surface area contributed by atoms with Gasteiger partial charge >= 0.3 is 0 Å². The number of pyridine rings is 1. The number of nitriles is 2. The lowest BCUT2D eigenvalue weighted by atomic mass is 10.1. The van der Waals surface area contributed by atoms with E-state index in [9.17, 15) is 5.26 Å². The van der Waals surface area contributed by atoms with Crippen LogP contribution in [0.2, 0.25) is 0 Å². The summed E-state index contributed by atoms with van der Waals surface area (Å²) in [4.78, 5) is 4.59. The number of nitrogens with zero attached hydrogens (tertiary/aromatic N) is 5. The fourth-order valence-corrected chi connectivity index (χ4v) is 3.25. The standard InChI is InChI=1S/C23H22N6O/c1-29-23(13-21(28-29)18-4-5-18)30-22-12-17(14-25)2-6-19(22)20-7-3-16(15-27-20)8-10-26-11-9-24/h2-3,6-7,12-13,15,18,26H,4-5,8,10-11H2,1H3. The van der Waals surface area contributed by atoms with Crippen LogP contribution in [0.1, 0.15) is 35.6 Å². The van der Waals surface area contributed by atoms with Crippen molar-refractivity contribution in [3.8, 4) is 35.0 Å². The molecule has 30 heavy (non-hydrogen) atoms. The van der Waals surface area contributed by atoms with Crippen LogP contribution in [0.3, 0.4) is 0 Å². The van der Waals surface area contributed by atoms with Gasteiger partial charge in [0.25, 0.3) is 0 Å². The fraction of sp³-hybridized carbons (Fsp3) is 0.304. The average molecular weight is 398 g/mol. The molecule has 0 aliphatic heterocycles. The highest BCUT2D eigenvalue weighted by atomic mass is 16.5. The van der Waals surface area contributed by atoms with Crippen LogP contribution in [0, 0.1) is 22.7 Å². The van der Waals surface area contributed by atoms with Crippen molar-refractivity contribution in [3.05, 3.63) is 59.4 Å². The summed E-state index contributed by atoms with van der Waals surface area (Å²) in [6, 6.07) is 15.6. The Morgan fingerprint density at radius 2 is 2.07 bits per heavy atom. The molecule has 1 N–H and O–H groups in total. The third-order valence-corrected chi connectivity index (χ3v) is 5.07. The third-order valence-electron chi connectivity index (χ3n) is 5.07. The van der Waals surface area contributed by atoms with Gasteiger partial charge in [-0.25, -0.2) is 4.68 Å². The Morgan fingerprint density at radius 1 is 1.20 bits per heavy atom. The number of aromatic nitrogens is 3. The molecule has 1 saturated carbocycles. The molecule has 1 aliphatic carbocycles. The first-order valence-corrected chi connectivity index (χ1v) is 9.97. The highest BCUT2D eigenvalue weighted by Crippen LogP contribution is 2.41. The van der Waals surface area contributed by atoms with E-state index >= 15 is 0 Å². The minimum atomic E-state index is 0.341. The highest BCUT2D eigenvalue weighted by Gasteiger charge is 2.27. The number of rotatable bonds is 8. The van der Waals surface area contributed by atoms with Gasteiger partial charge in [-0.15, -0.1) is 0 Å². The molecule has 4 rings (SSSR count). The molecule has 0 spiro atoms. The third kappa shape index (κ3) is 4.48. The van der Waals surface area contributed by atoms with Gasteiger partial charge in [-0.1, -0.05) is 6.07 Å². The van der Waals surface area contributed by atoms with Gasteiger partial charge in [-0.3, -0.25) is 4.98 Å². The average Bonchev–Trinajstić information content (AvgIpc) is 3.56. The second-order valence-corrected chi connectivity index (χ2v) is 7.37. The molecule has 2 heterocycles. The van der Waals surface area contributed by atoms with Crippen LogP contribution < -0.4 is 10.1 Å². The van der Waals surface area contributed by atoms with E-state index in [1.807, 2.05) is 37.5 Å². The van der Waals surface area contributed by atoms with Crippen molar-refractivity contribution >= 4 is 0 Å². The monoisotopic (exact) mass is 398 g/mol. The fourth-order valence-electron chi connectivity index (χ4n) is 3.25. The van der Waals surface area contributed by atoms with Crippen LogP contribution in [0.25, 0.3) is 11.3 Å². The van der Waals surface area contributed by atoms with Crippen molar-refractivity contribution in [2.24, 2.45) is 7.05 Å². The Hall–Kier alpha value is -3.68. The summed E-state index contributed by atoms with van der Waals surface area (Å²) in [6.45, 7) is 1.07. The molecule has 0 amide bonds.